The predicted octanol–water partition coefficient (Wildman–Crippen LogP) is 2.65. The van der Waals surface area contributed by atoms with Crippen molar-refractivity contribution in [3.8, 4) is 0 Å². The number of likely N-dealkylation sites (N-methyl/N-ethyl adjacent to an activating group) is 1. The highest BCUT2D eigenvalue weighted by molar-refractivity contribution is 5.24. The molecule has 2 atom stereocenters. The summed E-state index contributed by atoms with van der Waals surface area (Å²) in [6.07, 6.45) is 4.18. The molecule has 1 N–H and O–H groups in total. The van der Waals surface area contributed by atoms with E-state index in [-0.39, 0.29) is 12.1 Å². The van der Waals surface area contributed by atoms with Crippen molar-refractivity contribution in [2.75, 3.05) is 33.4 Å². The van der Waals surface area contributed by atoms with Crippen molar-refractivity contribution in [2.45, 2.75) is 24.9 Å². The van der Waals surface area contributed by atoms with E-state index in [9.17, 15) is 8.78 Å². The van der Waals surface area contributed by atoms with Gasteiger partial charge in [-0.1, -0.05) is 12.1 Å². The number of hydrogen-bond donors (Lipinski definition) is 1. The van der Waals surface area contributed by atoms with Crippen LogP contribution in [0.4, 0.5) is 8.78 Å². The Morgan fingerprint density at radius 2 is 2.18 bits per heavy atom. The van der Waals surface area contributed by atoms with Gasteiger partial charge in [0.05, 0.1) is 13.2 Å². The summed E-state index contributed by atoms with van der Waals surface area (Å²) in [5.74, 6) is -1.57. The van der Waals surface area contributed by atoms with Crippen LogP contribution in [0.5, 0.6) is 0 Å². The van der Waals surface area contributed by atoms with Gasteiger partial charge in [0.1, 0.15) is 0 Å². The van der Waals surface area contributed by atoms with Gasteiger partial charge in [0, 0.05) is 25.2 Å². The minimum atomic E-state index is -0.793. The highest BCUT2D eigenvalue weighted by atomic mass is 19.2. The summed E-state index contributed by atoms with van der Waals surface area (Å²) >= 11 is 0. The normalized spacial score (nSPS) is 26.2. The van der Waals surface area contributed by atoms with Crippen LogP contribution < -0.4 is 5.32 Å². The van der Waals surface area contributed by atoms with E-state index in [1.165, 1.54) is 17.7 Å². The average Bonchev–Trinajstić information content (AvgIpc) is 2.90. The molecular weight excluding hydrogens is 286 g/mol. The quantitative estimate of drug-likeness (QED) is 0.866. The fraction of sp³-hybridized carbons (Fsp3) is 0.529. The molecule has 0 spiro atoms. The molecule has 3 rings (SSSR count). The highest BCUT2D eigenvalue weighted by Gasteiger charge is 2.33. The summed E-state index contributed by atoms with van der Waals surface area (Å²) in [5, 5.41) is 3.56. The second-order valence-electron chi connectivity index (χ2n) is 6.08. The number of likely N-dealkylation sites (tertiary alicyclic amines) is 1. The van der Waals surface area contributed by atoms with Crippen LogP contribution in [-0.2, 0) is 4.74 Å². The standard InChI is InChI=1S/C17H22F2N2O/c1-21-7-6-16(20-10-12-3-2-8-22-11-12)17(21)13-4-5-14(18)15(19)9-13/h3-5,9,16-17,20H,2,6-8,10-11H2,1H3. The van der Waals surface area contributed by atoms with Gasteiger partial charge >= 0.3 is 0 Å². The van der Waals surface area contributed by atoms with Crippen molar-refractivity contribution in [1.82, 2.24) is 10.2 Å². The Morgan fingerprint density at radius 3 is 2.91 bits per heavy atom. The summed E-state index contributed by atoms with van der Waals surface area (Å²) in [6, 6.07) is 4.52. The molecule has 0 saturated carbocycles. The van der Waals surface area contributed by atoms with E-state index in [0.29, 0.717) is 6.61 Å². The van der Waals surface area contributed by atoms with Gasteiger partial charge < -0.3 is 10.1 Å². The zero-order chi connectivity index (χ0) is 15.5. The van der Waals surface area contributed by atoms with Gasteiger partial charge in [0.25, 0.3) is 0 Å². The van der Waals surface area contributed by atoms with E-state index < -0.39 is 11.6 Å². The molecule has 2 heterocycles. The number of ether oxygens (including phenoxy) is 1. The van der Waals surface area contributed by atoms with Crippen LogP contribution in [0, 0.1) is 11.6 Å². The molecule has 0 radical (unpaired) electrons. The van der Waals surface area contributed by atoms with E-state index in [0.717, 1.165) is 38.1 Å². The van der Waals surface area contributed by atoms with Crippen molar-refractivity contribution in [3.05, 3.63) is 47.0 Å². The molecule has 2 aliphatic rings. The van der Waals surface area contributed by atoms with Crippen molar-refractivity contribution in [3.63, 3.8) is 0 Å². The van der Waals surface area contributed by atoms with Gasteiger partial charge in [-0.2, -0.15) is 0 Å². The van der Waals surface area contributed by atoms with Crippen LogP contribution in [0.15, 0.2) is 29.8 Å². The molecule has 0 aromatic heterocycles. The Labute approximate surface area is 129 Å². The second kappa shape index (κ2) is 6.86. The summed E-state index contributed by atoms with van der Waals surface area (Å²) in [6.45, 7) is 3.22. The maximum absolute atomic E-state index is 13.5. The van der Waals surface area contributed by atoms with Crippen LogP contribution >= 0.6 is 0 Å². The molecule has 5 heteroatoms. The Kier molecular flexibility index (Phi) is 4.86. The minimum absolute atomic E-state index is 0.0696. The molecule has 1 aromatic carbocycles. The van der Waals surface area contributed by atoms with E-state index in [4.69, 9.17) is 4.74 Å². The Hall–Kier alpha value is -1.30. The highest BCUT2D eigenvalue weighted by Crippen LogP contribution is 2.31. The summed E-state index contributed by atoms with van der Waals surface area (Å²) in [4.78, 5) is 2.19. The number of nitrogens with one attached hydrogen (secondary N) is 1. The zero-order valence-corrected chi connectivity index (χ0v) is 12.8. The zero-order valence-electron chi connectivity index (χ0n) is 12.8. The molecule has 0 bridgehead atoms. The lowest BCUT2D eigenvalue weighted by molar-refractivity contribution is 0.148. The number of nitrogens with zero attached hydrogens (tertiary/aromatic N) is 1. The second-order valence-corrected chi connectivity index (χ2v) is 6.08. The summed E-state index contributed by atoms with van der Waals surface area (Å²) in [5.41, 5.74) is 2.09. The molecule has 22 heavy (non-hydrogen) atoms. The number of halogens is 2. The van der Waals surface area contributed by atoms with Gasteiger partial charge in [-0.05, 0) is 43.2 Å². The third kappa shape index (κ3) is 3.37. The van der Waals surface area contributed by atoms with Crippen LogP contribution in [0.1, 0.15) is 24.4 Å². The van der Waals surface area contributed by atoms with Crippen molar-refractivity contribution >= 4 is 0 Å². The first-order valence-corrected chi connectivity index (χ1v) is 7.79. The number of benzene rings is 1. The minimum Gasteiger partial charge on any atom is -0.377 e. The third-order valence-corrected chi connectivity index (χ3v) is 4.51. The molecule has 0 amide bonds. The molecule has 0 aliphatic carbocycles. The SMILES string of the molecule is CN1CCC(NCC2=CCCOC2)C1c1ccc(F)c(F)c1. The monoisotopic (exact) mass is 308 g/mol. The van der Waals surface area contributed by atoms with Crippen molar-refractivity contribution in [2.24, 2.45) is 0 Å². The summed E-state index contributed by atoms with van der Waals surface area (Å²) < 4.78 is 32.1. The molecule has 3 nitrogen and oxygen atoms in total. The number of hydrogen-bond acceptors (Lipinski definition) is 3. The Balaban J connectivity index is 1.70. The average molecular weight is 308 g/mol. The molecule has 2 aliphatic heterocycles. The predicted molar refractivity (Wildman–Crippen MR) is 81.7 cm³/mol. The maximum Gasteiger partial charge on any atom is 0.159 e. The van der Waals surface area contributed by atoms with Gasteiger partial charge in [-0.25, -0.2) is 8.78 Å². The van der Waals surface area contributed by atoms with Crippen LogP contribution in [0.25, 0.3) is 0 Å². The number of rotatable bonds is 4. The topological polar surface area (TPSA) is 24.5 Å². The van der Waals surface area contributed by atoms with Gasteiger partial charge in [0.15, 0.2) is 11.6 Å². The maximum atomic E-state index is 13.5. The molecule has 1 aromatic rings. The van der Waals surface area contributed by atoms with E-state index in [1.807, 2.05) is 7.05 Å². The largest absolute Gasteiger partial charge is 0.377 e. The van der Waals surface area contributed by atoms with E-state index in [2.05, 4.69) is 16.3 Å². The van der Waals surface area contributed by atoms with Crippen LogP contribution in [0.3, 0.4) is 0 Å². The van der Waals surface area contributed by atoms with Crippen molar-refractivity contribution in [1.29, 1.82) is 0 Å². The van der Waals surface area contributed by atoms with Crippen LogP contribution in [0.2, 0.25) is 0 Å². The fourth-order valence-corrected chi connectivity index (χ4v) is 3.34. The lowest BCUT2D eigenvalue weighted by Crippen LogP contribution is -2.37. The first-order valence-electron chi connectivity index (χ1n) is 7.79. The smallest absolute Gasteiger partial charge is 0.159 e. The summed E-state index contributed by atoms with van der Waals surface area (Å²) in [7, 11) is 2.02. The molecule has 120 valence electrons. The molecule has 1 saturated heterocycles. The van der Waals surface area contributed by atoms with Gasteiger partial charge in [-0.15, -0.1) is 0 Å². The lowest BCUT2D eigenvalue weighted by Gasteiger charge is -2.27. The van der Waals surface area contributed by atoms with E-state index >= 15 is 0 Å². The van der Waals surface area contributed by atoms with Crippen molar-refractivity contribution < 1.29 is 13.5 Å². The fourth-order valence-electron chi connectivity index (χ4n) is 3.34. The molecule has 1 fully saturated rings. The lowest BCUT2D eigenvalue weighted by atomic mass is 9.99. The molecular formula is C17H22F2N2O. The van der Waals surface area contributed by atoms with E-state index in [1.54, 1.807) is 6.07 Å². The Bertz CT molecular complexity index is 562. The first-order chi connectivity index (χ1) is 10.6. The van der Waals surface area contributed by atoms with Crippen LogP contribution in [-0.4, -0.2) is 44.3 Å². The third-order valence-electron chi connectivity index (χ3n) is 4.51. The van der Waals surface area contributed by atoms with Gasteiger partial charge in [0.2, 0.25) is 0 Å². The molecule has 2 unspecified atom stereocenters. The Morgan fingerprint density at radius 1 is 1.32 bits per heavy atom. The van der Waals surface area contributed by atoms with Gasteiger partial charge in [-0.3, -0.25) is 4.90 Å². The first kappa shape index (κ1) is 15.6.